The Morgan fingerprint density at radius 3 is 2.84 bits per heavy atom. The number of benzene rings is 1. The number of halogens is 1. The Balaban J connectivity index is 1.84. The van der Waals surface area contributed by atoms with Gasteiger partial charge < -0.3 is 4.90 Å². The first kappa shape index (κ1) is 13.7. The number of carbonyl (C=O) groups excluding carboxylic acids is 1. The van der Waals surface area contributed by atoms with Crippen LogP contribution in [0, 0.1) is 5.82 Å². The Morgan fingerprint density at radius 2 is 2.16 bits per heavy atom. The zero-order chi connectivity index (χ0) is 13.7. The number of nitrogens with zero attached hydrogens (tertiary/aromatic N) is 1. The van der Waals surface area contributed by atoms with Crippen LogP contribution in [-0.2, 0) is 4.79 Å². The van der Waals surface area contributed by atoms with Crippen LogP contribution in [0.3, 0.4) is 0 Å². The standard InChI is InChI=1S/C14H18FN3O/c1-17-7-9-18(10-8-17)16-14(19)6-5-12-3-2-4-13(15)11-12/h2-6,11H,7-10H2,1H3,(H,16,19)/p+1/b6-5+. The molecule has 1 aromatic rings. The first-order valence-electron chi connectivity index (χ1n) is 6.44. The maximum absolute atomic E-state index is 13.0. The van der Waals surface area contributed by atoms with Crippen molar-refractivity contribution in [1.82, 2.24) is 10.4 Å². The molecule has 19 heavy (non-hydrogen) atoms. The molecule has 1 aliphatic heterocycles. The van der Waals surface area contributed by atoms with Crippen molar-refractivity contribution < 1.29 is 14.1 Å². The molecule has 0 unspecified atom stereocenters. The van der Waals surface area contributed by atoms with Gasteiger partial charge in [-0.05, 0) is 23.8 Å². The Bertz CT molecular complexity index is 468. The number of nitrogens with one attached hydrogen (secondary N) is 2. The Labute approximate surface area is 112 Å². The smallest absolute Gasteiger partial charge is 0.258 e. The van der Waals surface area contributed by atoms with Gasteiger partial charge in [0.2, 0.25) is 0 Å². The average molecular weight is 264 g/mol. The molecule has 2 rings (SSSR count). The van der Waals surface area contributed by atoms with Crippen molar-refractivity contribution in [2.75, 3.05) is 33.2 Å². The van der Waals surface area contributed by atoms with Crippen LogP contribution in [0.25, 0.3) is 6.08 Å². The van der Waals surface area contributed by atoms with Crippen molar-refractivity contribution >= 4 is 12.0 Å². The number of hydrazine groups is 1. The lowest BCUT2D eigenvalue weighted by Crippen LogP contribution is -3.12. The van der Waals surface area contributed by atoms with E-state index in [1.165, 1.54) is 23.1 Å². The lowest BCUT2D eigenvalue weighted by Gasteiger charge is -2.29. The zero-order valence-corrected chi connectivity index (χ0v) is 11.0. The van der Waals surface area contributed by atoms with Crippen LogP contribution >= 0.6 is 0 Å². The maximum Gasteiger partial charge on any atom is 0.258 e. The summed E-state index contributed by atoms with van der Waals surface area (Å²) in [5, 5.41) is 1.92. The molecule has 1 fully saturated rings. The number of hydrogen-bond donors (Lipinski definition) is 2. The summed E-state index contributed by atoms with van der Waals surface area (Å²) in [5.41, 5.74) is 3.50. The molecule has 0 saturated carbocycles. The first-order chi connectivity index (χ1) is 9.13. The fourth-order valence-corrected chi connectivity index (χ4v) is 1.98. The highest BCUT2D eigenvalue weighted by Crippen LogP contribution is 2.05. The molecule has 1 saturated heterocycles. The third-order valence-corrected chi connectivity index (χ3v) is 3.16. The van der Waals surface area contributed by atoms with E-state index in [4.69, 9.17) is 0 Å². The molecular weight excluding hydrogens is 245 g/mol. The molecule has 102 valence electrons. The molecule has 1 aliphatic rings. The average Bonchev–Trinajstić information content (AvgIpc) is 2.39. The highest BCUT2D eigenvalue weighted by atomic mass is 19.1. The van der Waals surface area contributed by atoms with Gasteiger partial charge in [-0.2, -0.15) is 0 Å². The molecule has 0 aliphatic carbocycles. The molecule has 1 aromatic carbocycles. The van der Waals surface area contributed by atoms with Gasteiger partial charge in [0.15, 0.2) is 0 Å². The van der Waals surface area contributed by atoms with Crippen LogP contribution in [0.4, 0.5) is 4.39 Å². The minimum atomic E-state index is -0.301. The largest absolute Gasteiger partial charge is 0.335 e. The predicted molar refractivity (Wildman–Crippen MR) is 71.8 cm³/mol. The summed E-state index contributed by atoms with van der Waals surface area (Å²) < 4.78 is 13.0. The number of carbonyl (C=O) groups is 1. The third-order valence-electron chi connectivity index (χ3n) is 3.16. The van der Waals surface area contributed by atoms with Crippen molar-refractivity contribution in [3.63, 3.8) is 0 Å². The molecule has 1 heterocycles. The molecule has 1 amide bonds. The lowest BCUT2D eigenvalue weighted by atomic mass is 10.2. The zero-order valence-electron chi connectivity index (χ0n) is 11.0. The fraction of sp³-hybridized carbons (Fsp3) is 0.357. The molecule has 0 radical (unpaired) electrons. The monoisotopic (exact) mass is 264 g/mol. The minimum absolute atomic E-state index is 0.177. The molecule has 2 N–H and O–H groups in total. The van der Waals surface area contributed by atoms with Crippen molar-refractivity contribution in [2.24, 2.45) is 0 Å². The van der Waals surface area contributed by atoms with Gasteiger partial charge >= 0.3 is 0 Å². The number of quaternary nitrogens is 1. The summed E-state index contributed by atoms with van der Waals surface area (Å²) in [5.74, 6) is -0.478. The van der Waals surface area contributed by atoms with E-state index in [0.29, 0.717) is 5.56 Å². The Hall–Kier alpha value is -1.72. The fourth-order valence-electron chi connectivity index (χ4n) is 1.98. The summed E-state index contributed by atoms with van der Waals surface area (Å²) in [7, 11) is 2.14. The number of rotatable bonds is 3. The van der Waals surface area contributed by atoms with Crippen LogP contribution in [0.15, 0.2) is 30.3 Å². The lowest BCUT2D eigenvalue weighted by molar-refractivity contribution is -0.884. The Morgan fingerprint density at radius 1 is 1.42 bits per heavy atom. The highest BCUT2D eigenvalue weighted by Gasteiger charge is 2.16. The second-order valence-corrected chi connectivity index (χ2v) is 4.81. The first-order valence-corrected chi connectivity index (χ1v) is 6.44. The van der Waals surface area contributed by atoms with Gasteiger partial charge in [-0.15, -0.1) is 0 Å². The van der Waals surface area contributed by atoms with Crippen molar-refractivity contribution in [3.05, 3.63) is 41.7 Å². The van der Waals surface area contributed by atoms with Crippen LogP contribution in [0.2, 0.25) is 0 Å². The van der Waals surface area contributed by atoms with Gasteiger partial charge in [-0.1, -0.05) is 12.1 Å². The van der Waals surface area contributed by atoms with Crippen molar-refractivity contribution in [3.8, 4) is 0 Å². The van der Waals surface area contributed by atoms with E-state index < -0.39 is 0 Å². The van der Waals surface area contributed by atoms with Crippen LogP contribution in [0.1, 0.15) is 5.56 Å². The molecule has 0 bridgehead atoms. The summed E-state index contributed by atoms with van der Waals surface area (Å²) >= 11 is 0. The maximum atomic E-state index is 13.0. The second kappa shape index (κ2) is 6.45. The molecule has 4 nitrogen and oxygen atoms in total. The van der Waals surface area contributed by atoms with E-state index in [-0.39, 0.29) is 11.7 Å². The second-order valence-electron chi connectivity index (χ2n) is 4.81. The van der Waals surface area contributed by atoms with E-state index in [0.717, 1.165) is 26.2 Å². The van der Waals surface area contributed by atoms with Gasteiger partial charge in [-0.3, -0.25) is 10.2 Å². The molecule has 5 heteroatoms. The van der Waals surface area contributed by atoms with Crippen LogP contribution in [0.5, 0.6) is 0 Å². The predicted octanol–water partition coefficient (Wildman–Crippen LogP) is -0.300. The number of piperazine rings is 1. The summed E-state index contributed by atoms with van der Waals surface area (Å²) in [6, 6.07) is 6.15. The van der Waals surface area contributed by atoms with E-state index in [1.54, 1.807) is 18.2 Å². The van der Waals surface area contributed by atoms with Crippen LogP contribution < -0.4 is 10.3 Å². The third kappa shape index (κ3) is 4.46. The number of hydrogen-bond acceptors (Lipinski definition) is 2. The molecule has 0 aromatic heterocycles. The minimum Gasteiger partial charge on any atom is -0.335 e. The normalized spacial score (nSPS) is 17.8. The van der Waals surface area contributed by atoms with E-state index in [1.807, 2.05) is 5.01 Å². The van der Waals surface area contributed by atoms with Gasteiger partial charge in [0.1, 0.15) is 5.82 Å². The molecular formula is C14H19FN3O+. The molecule has 0 atom stereocenters. The van der Waals surface area contributed by atoms with E-state index in [2.05, 4.69) is 12.5 Å². The SMILES string of the molecule is C[NH+]1CCN(NC(=O)/C=C/c2cccc(F)c2)CC1. The van der Waals surface area contributed by atoms with Crippen molar-refractivity contribution in [2.45, 2.75) is 0 Å². The summed E-state index contributed by atoms with van der Waals surface area (Å²) in [4.78, 5) is 13.2. The highest BCUT2D eigenvalue weighted by molar-refractivity contribution is 5.91. The van der Waals surface area contributed by atoms with Crippen molar-refractivity contribution in [1.29, 1.82) is 0 Å². The topological polar surface area (TPSA) is 36.8 Å². The molecule has 0 spiro atoms. The summed E-state index contributed by atoms with van der Waals surface area (Å²) in [6.07, 6.45) is 3.04. The summed E-state index contributed by atoms with van der Waals surface area (Å²) in [6.45, 7) is 3.75. The number of amides is 1. The van der Waals surface area contributed by atoms with Gasteiger partial charge in [-0.25, -0.2) is 9.40 Å². The van der Waals surface area contributed by atoms with E-state index >= 15 is 0 Å². The van der Waals surface area contributed by atoms with Gasteiger partial charge in [0.05, 0.1) is 33.2 Å². The van der Waals surface area contributed by atoms with Crippen LogP contribution in [-0.4, -0.2) is 44.1 Å². The number of likely N-dealkylation sites (N-methyl/N-ethyl adjacent to an activating group) is 1. The van der Waals surface area contributed by atoms with E-state index in [9.17, 15) is 9.18 Å². The quantitative estimate of drug-likeness (QED) is 0.736. The van der Waals surface area contributed by atoms with Gasteiger partial charge in [0, 0.05) is 6.08 Å². The Kier molecular flexibility index (Phi) is 4.65. The van der Waals surface area contributed by atoms with Gasteiger partial charge in [0.25, 0.3) is 5.91 Å².